The summed E-state index contributed by atoms with van der Waals surface area (Å²) in [7, 11) is 0. The molecular weight excluding hydrogens is 240 g/mol. The molecule has 2 aromatic rings. The number of hydrogen-bond donors (Lipinski definition) is 2. The molecule has 0 saturated heterocycles. The van der Waals surface area contributed by atoms with E-state index in [0.717, 1.165) is 16.7 Å². The average Bonchev–Trinajstić information content (AvgIpc) is 2.82. The third-order valence-electron chi connectivity index (χ3n) is 3.34. The van der Waals surface area contributed by atoms with E-state index in [-0.39, 0.29) is 11.9 Å². The van der Waals surface area contributed by atoms with Crippen LogP contribution in [0.2, 0.25) is 0 Å². The Morgan fingerprint density at radius 3 is 2.74 bits per heavy atom. The number of amides is 1. The molecule has 0 fully saturated rings. The van der Waals surface area contributed by atoms with Crippen LogP contribution in [0.25, 0.3) is 11.0 Å². The van der Waals surface area contributed by atoms with Crippen molar-refractivity contribution < 1.29 is 9.21 Å². The number of nitrogens with one attached hydrogen (secondary N) is 1. The molecule has 0 saturated carbocycles. The molecule has 0 radical (unpaired) electrons. The lowest BCUT2D eigenvalue weighted by atomic mass is 9.92. The maximum Gasteiger partial charge on any atom is 0.227 e. The first-order valence-electron chi connectivity index (χ1n) is 6.43. The molecule has 1 amide bonds. The number of para-hydroxylation sites is 1. The van der Waals surface area contributed by atoms with Gasteiger partial charge in [-0.2, -0.15) is 0 Å². The smallest absolute Gasteiger partial charge is 0.227 e. The molecule has 0 bridgehead atoms. The first-order valence-corrected chi connectivity index (χ1v) is 6.43. The van der Waals surface area contributed by atoms with Gasteiger partial charge in [-0.15, -0.1) is 0 Å². The fourth-order valence-corrected chi connectivity index (χ4v) is 1.77. The van der Waals surface area contributed by atoms with E-state index in [1.54, 1.807) is 0 Å². The molecule has 0 aliphatic rings. The van der Waals surface area contributed by atoms with Crippen molar-refractivity contribution in [3.63, 3.8) is 0 Å². The minimum absolute atomic E-state index is 0.0667. The predicted octanol–water partition coefficient (Wildman–Crippen LogP) is 2.59. The van der Waals surface area contributed by atoms with Gasteiger partial charge in [0.2, 0.25) is 5.91 Å². The highest BCUT2D eigenvalue weighted by molar-refractivity contribution is 5.83. The van der Waals surface area contributed by atoms with Crippen LogP contribution in [-0.4, -0.2) is 12.5 Å². The summed E-state index contributed by atoms with van der Waals surface area (Å²) in [5.41, 5.74) is 5.86. The SMILES string of the molecule is CC(NC(=O)C(C)(C)CN)c1cc2ccccc2o1. The summed E-state index contributed by atoms with van der Waals surface area (Å²) in [6.07, 6.45) is 0. The number of nitrogens with two attached hydrogens (primary N) is 1. The number of carbonyl (C=O) groups is 1. The summed E-state index contributed by atoms with van der Waals surface area (Å²) in [6.45, 7) is 5.87. The fraction of sp³-hybridized carbons (Fsp3) is 0.400. The van der Waals surface area contributed by atoms with E-state index in [1.807, 2.05) is 51.1 Å². The van der Waals surface area contributed by atoms with Crippen molar-refractivity contribution in [3.05, 3.63) is 36.1 Å². The molecule has 1 heterocycles. The second kappa shape index (κ2) is 5.05. The standard InChI is InChI=1S/C15H20N2O2/c1-10(17-14(18)15(2,3)9-16)13-8-11-6-4-5-7-12(11)19-13/h4-8,10H,9,16H2,1-3H3,(H,17,18). The molecule has 0 spiro atoms. The highest BCUT2D eigenvalue weighted by atomic mass is 16.3. The highest BCUT2D eigenvalue weighted by Gasteiger charge is 2.27. The summed E-state index contributed by atoms with van der Waals surface area (Å²) in [6, 6.07) is 9.57. The Hall–Kier alpha value is -1.81. The van der Waals surface area contributed by atoms with Gasteiger partial charge in [0.25, 0.3) is 0 Å². The summed E-state index contributed by atoms with van der Waals surface area (Å²) in [4.78, 5) is 12.1. The van der Waals surface area contributed by atoms with E-state index in [1.165, 1.54) is 0 Å². The third-order valence-corrected chi connectivity index (χ3v) is 3.34. The molecule has 19 heavy (non-hydrogen) atoms. The fourth-order valence-electron chi connectivity index (χ4n) is 1.77. The van der Waals surface area contributed by atoms with Crippen LogP contribution in [0, 0.1) is 5.41 Å². The molecule has 102 valence electrons. The molecule has 1 aromatic carbocycles. The van der Waals surface area contributed by atoms with E-state index in [4.69, 9.17) is 10.2 Å². The van der Waals surface area contributed by atoms with Gasteiger partial charge in [0, 0.05) is 11.9 Å². The van der Waals surface area contributed by atoms with E-state index >= 15 is 0 Å². The maximum absolute atomic E-state index is 12.1. The maximum atomic E-state index is 12.1. The zero-order valence-corrected chi connectivity index (χ0v) is 11.6. The second-order valence-electron chi connectivity index (χ2n) is 5.47. The largest absolute Gasteiger partial charge is 0.459 e. The molecule has 1 unspecified atom stereocenters. The van der Waals surface area contributed by atoms with Crippen molar-refractivity contribution in [3.8, 4) is 0 Å². The van der Waals surface area contributed by atoms with Gasteiger partial charge in [0.05, 0.1) is 11.5 Å². The lowest BCUT2D eigenvalue weighted by molar-refractivity contribution is -0.129. The minimum atomic E-state index is -0.569. The molecule has 3 N–H and O–H groups in total. The first kappa shape index (κ1) is 13.6. The molecule has 0 aliphatic carbocycles. The Balaban J connectivity index is 2.16. The van der Waals surface area contributed by atoms with Crippen LogP contribution in [0.4, 0.5) is 0 Å². The van der Waals surface area contributed by atoms with Crippen LogP contribution < -0.4 is 11.1 Å². The van der Waals surface area contributed by atoms with Gasteiger partial charge in [-0.05, 0) is 32.9 Å². The topological polar surface area (TPSA) is 68.3 Å². The third kappa shape index (κ3) is 2.79. The Labute approximate surface area is 113 Å². The summed E-state index contributed by atoms with van der Waals surface area (Å²) in [5, 5.41) is 3.97. The normalized spacial score (nSPS) is 13.5. The number of hydrogen-bond acceptors (Lipinski definition) is 3. The van der Waals surface area contributed by atoms with Gasteiger partial charge in [0.1, 0.15) is 11.3 Å². The molecule has 4 heteroatoms. The summed E-state index contributed by atoms with van der Waals surface area (Å²) >= 11 is 0. The van der Waals surface area contributed by atoms with Crippen LogP contribution in [0.1, 0.15) is 32.6 Å². The predicted molar refractivity (Wildman–Crippen MR) is 75.6 cm³/mol. The average molecular weight is 260 g/mol. The van der Waals surface area contributed by atoms with Crippen LogP contribution >= 0.6 is 0 Å². The zero-order valence-electron chi connectivity index (χ0n) is 11.6. The number of rotatable bonds is 4. The van der Waals surface area contributed by atoms with E-state index < -0.39 is 5.41 Å². The van der Waals surface area contributed by atoms with Gasteiger partial charge in [0.15, 0.2) is 0 Å². The van der Waals surface area contributed by atoms with Crippen LogP contribution in [0.5, 0.6) is 0 Å². The number of furan rings is 1. The van der Waals surface area contributed by atoms with Crippen molar-refractivity contribution in [1.82, 2.24) is 5.32 Å². The minimum Gasteiger partial charge on any atom is -0.459 e. The van der Waals surface area contributed by atoms with Crippen molar-refractivity contribution >= 4 is 16.9 Å². The molecule has 0 aliphatic heterocycles. The van der Waals surface area contributed by atoms with E-state index in [2.05, 4.69) is 5.32 Å². The quantitative estimate of drug-likeness (QED) is 0.887. The number of carbonyl (C=O) groups excluding carboxylic acids is 1. The molecular formula is C15H20N2O2. The Bertz CT molecular complexity index is 554. The number of fused-ring (bicyclic) bond motifs is 1. The van der Waals surface area contributed by atoms with Gasteiger partial charge < -0.3 is 15.5 Å². The molecule has 4 nitrogen and oxygen atoms in total. The van der Waals surface area contributed by atoms with Crippen molar-refractivity contribution in [2.24, 2.45) is 11.1 Å². The number of benzene rings is 1. The molecule has 1 atom stereocenters. The lowest BCUT2D eigenvalue weighted by Crippen LogP contribution is -2.42. The van der Waals surface area contributed by atoms with E-state index in [0.29, 0.717) is 6.54 Å². The van der Waals surface area contributed by atoms with Crippen LogP contribution in [0.3, 0.4) is 0 Å². The summed E-state index contributed by atoms with van der Waals surface area (Å²) in [5.74, 6) is 0.685. The highest BCUT2D eigenvalue weighted by Crippen LogP contribution is 2.24. The van der Waals surface area contributed by atoms with Gasteiger partial charge in [-0.1, -0.05) is 18.2 Å². The van der Waals surface area contributed by atoms with Crippen LogP contribution in [-0.2, 0) is 4.79 Å². The molecule has 2 rings (SSSR count). The van der Waals surface area contributed by atoms with Gasteiger partial charge in [-0.25, -0.2) is 0 Å². The van der Waals surface area contributed by atoms with E-state index in [9.17, 15) is 4.79 Å². The van der Waals surface area contributed by atoms with Crippen LogP contribution in [0.15, 0.2) is 34.7 Å². The van der Waals surface area contributed by atoms with Gasteiger partial charge in [-0.3, -0.25) is 4.79 Å². The van der Waals surface area contributed by atoms with Gasteiger partial charge >= 0.3 is 0 Å². The lowest BCUT2D eigenvalue weighted by Gasteiger charge is -2.23. The Morgan fingerprint density at radius 2 is 2.11 bits per heavy atom. The summed E-state index contributed by atoms with van der Waals surface area (Å²) < 4.78 is 5.73. The molecule has 1 aromatic heterocycles. The zero-order chi connectivity index (χ0) is 14.0. The second-order valence-corrected chi connectivity index (χ2v) is 5.47. The van der Waals surface area contributed by atoms with Crippen molar-refractivity contribution in [2.75, 3.05) is 6.54 Å². The van der Waals surface area contributed by atoms with Crippen molar-refractivity contribution in [1.29, 1.82) is 0 Å². The Morgan fingerprint density at radius 1 is 1.42 bits per heavy atom. The Kier molecular flexibility index (Phi) is 3.62. The van der Waals surface area contributed by atoms with Crippen molar-refractivity contribution in [2.45, 2.75) is 26.8 Å². The first-order chi connectivity index (χ1) is 8.94. The monoisotopic (exact) mass is 260 g/mol.